The summed E-state index contributed by atoms with van der Waals surface area (Å²) in [6, 6.07) is 4.60. The van der Waals surface area contributed by atoms with Crippen molar-refractivity contribution < 1.29 is 51.6 Å². The quantitative estimate of drug-likeness (QED) is 0.483. The van der Waals surface area contributed by atoms with Crippen LogP contribution in [-0.2, 0) is 36.4 Å². The Bertz CT molecular complexity index is 1200. The lowest BCUT2D eigenvalue weighted by Crippen LogP contribution is -2.47. The van der Waals surface area contributed by atoms with Crippen LogP contribution in [0.5, 0.6) is 11.5 Å². The topological polar surface area (TPSA) is 133 Å². The van der Waals surface area contributed by atoms with Gasteiger partial charge in [-0.1, -0.05) is 26.0 Å². The van der Waals surface area contributed by atoms with E-state index >= 15 is 0 Å². The largest absolute Gasteiger partial charge is 0.503 e. The molecule has 0 saturated carbocycles. The number of carbonyl (C=O) groups excluding carboxylic acids is 3. The number of aromatic nitrogens is 1. The second kappa shape index (κ2) is 13.0. The van der Waals surface area contributed by atoms with Crippen molar-refractivity contribution in [3.05, 3.63) is 53.3 Å². The number of esters is 2. The van der Waals surface area contributed by atoms with E-state index in [1.165, 1.54) is 38.4 Å². The highest BCUT2D eigenvalue weighted by Crippen LogP contribution is 2.31. The summed E-state index contributed by atoms with van der Waals surface area (Å²) >= 11 is 0. The Hall–Kier alpha value is -3.87. The third-order valence-corrected chi connectivity index (χ3v) is 6.26. The van der Waals surface area contributed by atoms with Crippen LogP contribution >= 0.6 is 0 Å². The van der Waals surface area contributed by atoms with Gasteiger partial charge in [-0.05, 0) is 31.0 Å². The standard InChI is InChI=1S/C27H31F3N2O8/c1-14(2)25(35)40-23-15(3)39-26(36)19(32-24(34)21-22(33)20(37-4)9-10-31-21)13-38-12-17(23)11-16-5-7-18(8-6-16)27(28,29)30/h5-10,14-15,17,19,23,33H,11-13H2,1-4H3,(H,32,34). The predicted molar refractivity (Wildman–Crippen MR) is 133 cm³/mol. The van der Waals surface area contributed by atoms with E-state index in [1.54, 1.807) is 13.8 Å². The molecule has 1 aliphatic rings. The molecule has 2 N–H and O–H groups in total. The van der Waals surface area contributed by atoms with Crippen LogP contribution in [0.1, 0.15) is 42.4 Å². The molecule has 0 bridgehead atoms. The number of pyridine rings is 1. The highest BCUT2D eigenvalue weighted by atomic mass is 19.4. The Labute approximate surface area is 228 Å². The van der Waals surface area contributed by atoms with Crippen LogP contribution < -0.4 is 10.1 Å². The molecule has 40 heavy (non-hydrogen) atoms. The second-order valence-electron chi connectivity index (χ2n) is 9.63. The molecule has 2 heterocycles. The molecule has 1 aromatic heterocycles. The van der Waals surface area contributed by atoms with Crippen LogP contribution in [0.25, 0.3) is 0 Å². The maximum absolute atomic E-state index is 13.0. The number of alkyl halides is 3. The van der Waals surface area contributed by atoms with E-state index in [-0.39, 0.29) is 31.1 Å². The first-order valence-electron chi connectivity index (χ1n) is 12.5. The van der Waals surface area contributed by atoms with Crippen molar-refractivity contribution in [2.24, 2.45) is 11.8 Å². The van der Waals surface area contributed by atoms with E-state index in [1.807, 2.05) is 0 Å². The van der Waals surface area contributed by atoms with Crippen LogP contribution in [-0.4, -0.2) is 66.5 Å². The number of ether oxygens (including phenoxy) is 4. The summed E-state index contributed by atoms with van der Waals surface area (Å²) < 4.78 is 61.0. The Morgan fingerprint density at radius 2 is 1.85 bits per heavy atom. The Morgan fingerprint density at radius 1 is 1.18 bits per heavy atom. The fourth-order valence-electron chi connectivity index (χ4n) is 4.08. The Balaban J connectivity index is 1.83. The molecular weight excluding hydrogens is 537 g/mol. The normalized spacial score (nSPS) is 21.9. The Morgan fingerprint density at radius 3 is 2.45 bits per heavy atom. The molecular formula is C27H31F3N2O8. The van der Waals surface area contributed by atoms with Gasteiger partial charge >= 0.3 is 18.1 Å². The number of nitrogens with one attached hydrogen (secondary N) is 1. The second-order valence-corrected chi connectivity index (χ2v) is 9.63. The Kier molecular flexibility index (Phi) is 9.96. The average Bonchev–Trinajstić information content (AvgIpc) is 2.94. The van der Waals surface area contributed by atoms with Crippen molar-refractivity contribution in [3.63, 3.8) is 0 Å². The molecule has 1 fully saturated rings. The van der Waals surface area contributed by atoms with Crippen molar-refractivity contribution in [2.45, 2.75) is 51.6 Å². The molecule has 218 valence electrons. The van der Waals surface area contributed by atoms with Gasteiger partial charge in [-0.2, -0.15) is 13.2 Å². The summed E-state index contributed by atoms with van der Waals surface area (Å²) in [4.78, 5) is 42.1. The minimum absolute atomic E-state index is 0.00276. The molecule has 1 saturated heterocycles. The number of rotatable bonds is 7. The molecule has 1 amide bonds. The maximum atomic E-state index is 13.0. The minimum Gasteiger partial charge on any atom is -0.503 e. The van der Waals surface area contributed by atoms with Gasteiger partial charge in [0.25, 0.3) is 5.91 Å². The van der Waals surface area contributed by atoms with Gasteiger partial charge < -0.3 is 29.4 Å². The third-order valence-electron chi connectivity index (χ3n) is 6.26. The first kappa shape index (κ1) is 30.7. The van der Waals surface area contributed by atoms with Crippen LogP contribution in [0.3, 0.4) is 0 Å². The number of cyclic esters (lactones) is 1. The molecule has 0 spiro atoms. The number of halogens is 3. The number of amides is 1. The fraction of sp³-hybridized carbons (Fsp3) is 0.481. The van der Waals surface area contributed by atoms with Gasteiger partial charge in [0.2, 0.25) is 0 Å². The molecule has 4 atom stereocenters. The van der Waals surface area contributed by atoms with E-state index in [2.05, 4.69) is 10.3 Å². The lowest BCUT2D eigenvalue weighted by molar-refractivity contribution is -0.173. The lowest BCUT2D eigenvalue weighted by atomic mass is 9.91. The van der Waals surface area contributed by atoms with Gasteiger partial charge in [-0.15, -0.1) is 0 Å². The zero-order valence-electron chi connectivity index (χ0n) is 22.4. The van der Waals surface area contributed by atoms with Crippen LogP contribution in [0.15, 0.2) is 36.5 Å². The summed E-state index contributed by atoms with van der Waals surface area (Å²) in [6.45, 7) is 4.35. The van der Waals surface area contributed by atoms with E-state index in [0.717, 1.165) is 12.1 Å². The highest BCUT2D eigenvalue weighted by molar-refractivity contribution is 5.98. The maximum Gasteiger partial charge on any atom is 0.416 e. The molecule has 4 unspecified atom stereocenters. The van der Waals surface area contributed by atoms with Crippen molar-refractivity contribution >= 4 is 17.8 Å². The van der Waals surface area contributed by atoms with E-state index in [0.29, 0.717) is 5.56 Å². The predicted octanol–water partition coefficient (Wildman–Crippen LogP) is 3.30. The molecule has 0 radical (unpaired) electrons. The zero-order valence-corrected chi connectivity index (χ0v) is 22.4. The molecule has 13 heteroatoms. The first-order chi connectivity index (χ1) is 18.8. The summed E-state index contributed by atoms with van der Waals surface area (Å²) in [6.07, 6.45) is -5.10. The molecule has 1 aliphatic heterocycles. The van der Waals surface area contributed by atoms with Gasteiger partial charge in [-0.25, -0.2) is 9.78 Å². The fourth-order valence-corrected chi connectivity index (χ4v) is 4.08. The van der Waals surface area contributed by atoms with E-state index < -0.39 is 65.4 Å². The number of hydrogen-bond acceptors (Lipinski definition) is 9. The lowest BCUT2D eigenvalue weighted by Gasteiger charge is -2.31. The smallest absolute Gasteiger partial charge is 0.416 e. The van der Waals surface area contributed by atoms with Gasteiger partial charge in [0.05, 0.1) is 31.8 Å². The number of aromatic hydroxyl groups is 1. The highest BCUT2D eigenvalue weighted by Gasteiger charge is 2.38. The third kappa shape index (κ3) is 7.62. The van der Waals surface area contributed by atoms with E-state index in [4.69, 9.17) is 18.9 Å². The molecule has 3 rings (SSSR count). The van der Waals surface area contributed by atoms with Gasteiger partial charge in [-0.3, -0.25) is 9.59 Å². The summed E-state index contributed by atoms with van der Waals surface area (Å²) in [5.74, 6) is -3.97. The van der Waals surface area contributed by atoms with Gasteiger partial charge in [0.15, 0.2) is 23.2 Å². The average molecular weight is 569 g/mol. The van der Waals surface area contributed by atoms with Crippen LogP contribution in [0.4, 0.5) is 13.2 Å². The first-order valence-corrected chi connectivity index (χ1v) is 12.5. The minimum atomic E-state index is -4.49. The van der Waals surface area contributed by atoms with Gasteiger partial charge in [0, 0.05) is 18.2 Å². The molecule has 0 aliphatic carbocycles. The van der Waals surface area contributed by atoms with Gasteiger partial charge in [0.1, 0.15) is 12.2 Å². The summed E-state index contributed by atoms with van der Waals surface area (Å²) in [5.41, 5.74) is -0.666. The number of benzene rings is 1. The number of hydrogen-bond donors (Lipinski definition) is 2. The molecule has 1 aromatic carbocycles. The zero-order chi connectivity index (χ0) is 29.6. The van der Waals surface area contributed by atoms with Crippen LogP contribution in [0, 0.1) is 11.8 Å². The number of nitrogens with zero attached hydrogens (tertiary/aromatic N) is 1. The number of carbonyl (C=O) groups is 3. The van der Waals surface area contributed by atoms with Crippen molar-refractivity contribution in [3.8, 4) is 11.5 Å². The summed E-state index contributed by atoms with van der Waals surface area (Å²) in [7, 11) is 1.30. The van der Waals surface area contributed by atoms with Crippen LogP contribution in [0.2, 0.25) is 0 Å². The SMILES string of the molecule is COc1ccnc(C(=O)NC2COCC(Cc3ccc(C(F)(F)F)cc3)C(OC(=O)C(C)C)C(C)OC2=O)c1O. The number of methoxy groups -OCH3 is 1. The van der Waals surface area contributed by atoms with E-state index in [9.17, 15) is 32.7 Å². The summed E-state index contributed by atoms with van der Waals surface area (Å²) in [5, 5.41) is 12.7. The van der Waals surface area contributed by atoms with Crippen molar-refractivity contribution in [1.29, 1.82) is 0 Å². The van der Waals surface area contributed by atoms with Crippen molar-refractivity contribution in [1.82, 2.24) is 10.3 Å². The van der Waals surface area contributed by atoms with Crippen molar-refractivity contribution in [2.75, 3.05) is 20.3 Å². The molecule has 2 aromatic rings. The molecule has 10 nitrogen and oxygen atoms in total. The monoisotopic (exact) mass is 568 g/mol.